The largest absolute Gasteiger partial charge is 0.462 e. The van der Waals surface area contributed by atoms with Crippen LogP contribution in [0.15, 0.2) is 48.6 Å². The Hall–Kier alpha value is -2.63. The topological polar surface area (TPSA) is 78.9 Å². The van der Waals surface area contributed by atoms with E-state index in [-0.39, 0.29) is 31.1 Å². The van der Waals surface area contributed by atoms with Crippen molar-refractivity contribution in [1.29, 1.82) is 0 Å². The molecular weight excluding hydrogens is 925 g/mol. The van der Waals surface area contributed by atoms with E-state index in [1.165, 1.54) is 231 Å². The zero-order valence-corrected chi connectivity index (χ0v) is 50.3. The first-order valence-electron chi connectivity index (χ1n) is 33.1. The Morgan fingerprint density at radius 2 is 0.520 bits per heavy atom. The Morgan fingerprint density at radius 1 is 0.280 bits per heavy atom. The maximum absolute atomic E-state index is 12.9. The van der Waals surface area contributed by atoms with E-state index in [1.54, 1.807) is 0 Å². The van der Waals surface area contributed by atoms with Crippen molar-refractivity contribution in [2.75, 3.05) is 13.2 Å². The van der Waals surface area contributed by atoms with E-state index in [2.05, 4.69) is 69.4 Å². The second-order valence-corrected chi connectivity index (χ2v) is 22.4. The van der Waals surface area contributed by atoms with Crippen molar-refractivity contribution < 1.29 is 28.6 Å². The van der Waals surface area contributed by atoms with Crippen LogP contribution >= 0.6 is 0 Å². The van der Waals surface area contributed by atoms with Crippen LogP contribution in [0.5, 0.6) is 0 Å². The van der Waals surface area contributed by atoms with Crippen LogP contribution in [0, 0.1) is 0 Å². The number of esters is 3. The summed E-state index contributed by atoms with van der Waals surface area (Å²) in [7, 11) is 0. The molecule has 0 saturated heterocycles. The van der Waals surface area contributed by atoms with Gasteiger partial charge < -0.3 is 14.2 Å². The van der Waals surface area contributed by atoms with E-state index in [9.17, 15) is 14.4 Å². The highest BCUT2D eigenvalue weighted by Gasteiger charge is 2.19. The average molecular weight is 1050 g/mol. The molecule has 0 fully saturated rings. The van der Waals surface area contributed by atoms with Crippen LogP contribution in [0.25, 0.3) is 0 Å². The van der Waals surface area contributed by atoms with Crippen molar-refractivity contribution in [2.24, 2.45) is 0 Å². The average Bonchev–Trinajstić information content (AvgIpc) is 3.41. The normalized spacial score (nSPS) is 12.3. The van der Waals surface area contributed by atoms with E-state index in [0.717, 1.165) is 83.5 Å². The number of carbonyl (C=O) groups is 3. The molecule has 438 valence electrons. The molecule has 0 aromatic heterocycles. The second kappa shape index (κ2) is 63.9. The molecule has 0 aliphatic rings. The predicted molar refractivity (Wildman–Crippen MR) is 325 cm³/mol. The van der Waals surface area contributed by atoms with Gasteiger partial charge in [-0.1, -0.05) is 307 Å². The lowest BCUT2D eigenvalue weighted by Crippen LogP contribution is -2.30. The van der Waals surface area contributed by atoms with E-state index in [1.807, 2.05) is 0 Å². The van der Waals surface area contributed by atoms with Gasteiger partial charge >= 0.3 is 17.9 Å². The van der Waals surface area contributed by atoms with Gasteiger partial charge in [-0.25, -0.2) is 0 Å². The number of hydrogen-bond donors (Lipinski definition) is 0. The summed E-state index contributed by atoms with van der Waals surface area (Å²) in [4.78, 5) is 38.4. The van der Waals surface area contributed by atoms with Crippen molar-refractivity contribution in [1.82, 2.24) is 0 Å². The maximum atomic E-state index is 12.9. The Bertz CT molecular complexity index is 1300. The molecule has 0 aromatic rings. The number of carbonyl (C=O) groups excluding carboxylic acids is 3. The van der Waals surface area contributed by atoms with Crippen LogP contribution in [0.3, 0.4) is 0 Å². The summed E-state index contributed by atoms with van der Waals surface area (Å²) in [6.07, 6.45) is 79.8. The quantitative estimate of drug-likeness (QED) is 0.0261. The fraction of sp³-hybridized carbons (Fsp3) is 0.841. The third-order valence-corrected chi connectivity index (χ3v) is 14.8. The van der Waals surface area contributed by atoms with E-state index < -0.39 is 6.10 Å². The van der Waals surface area contributed by atoms with Gasteiger partial charge in [0.1, 0.15) is 13.2 Å². The van der Waals surface area contributed by atoms with Gasteiger partial charge in [-0.05, 0) is 77.0 Å². The van der Waals surface area contributed by atoms with Gasteiger partial charge in [0.2, 0.25) is 0 Å². The van der Waals surface area contributed by atoms with Gasteiger partial charge in [-0.15, -0.1) is 0 Å². The minimum atomic E-state index is -0.777. The lowest BCUT2D eigenvalue weighted by atomic mass is 10.0. The van der Waals surface area contributed by atoms with Crippen LogP contribution in [0.1, 0.15) is 355 Å². The molecule has 0 aromatic carbocycles. The zero-order valence-electron chi connectivity index (χ0n) is 50.3. The third-order valence-electron chi connectivity index (χ3n) is 14.8. The molecule has 0 aliphatic heterocycles. The molecule has 0 rings (SSSR count). The van der Waals surface area contributed by atoms with E-state index in [0.29, 0.717) is 19.3 Å². The fourth-order valence-electron chi connectivity index (χ4n) is 9.87. The van der Waals surface area contributed by atoms with E-state index in [4.69, 9.17) is 14.2 Å². The van der Waals surface area contributed by atoms with Crippen LogP contribution in [-0.2, 0) is 28.6 Å². The molecule has 0 heterocycles. The Balaban J connectivity index is 4.33. The van der Waals surface area contributed by atoms with E-state index >= 15 is 0 Å². The lowest BCUT2D eigenvalue weighted by Gasteiger charge is -2.18. The SMILES string of the molecule is CC/C=C\C/C=C\C/C=C\CCCCCCCCCC(=O)OCC(COC(=O)CCCCCCCCCCC/C=C\CCCCCCCCCC)OC(=O)CCCCCCCCCCCCCCCCCCCCC. The Morgan fingerprint density at radius 3 is 0.827 bits per heavy atom. The number of hydrogen-bond acceptors (Lipinski definition) is 6. The van der Waals surface area contributed by atoms with Gasteiger partial charge in [0.25, 0.3) is 0 Å². The van der Waals surface area contributed by atoms with Crippen molar-refractivity contribution >= 4 is 17.9 Å². The summed E-state index contributed by atoms with van der Waals surface area (Å²) in [5, 5.41) is 0. The summed E-state index contributed by atoms with van der Waals surface area (Å²) < 4.78 is 17.0. The Labute approximate surface area is 467 Å². The first-order chi connectivity index (χ1) is 37.0. The van der Waals surface area contributed by atoms with Crippen molar-refractivity contribution in [2.45, 2.75) is 361 Å². The lowest BCUT2D eigenvalue weighted by molar-refractivity contribution is -0.167. The predicted octanol–water partition coefficient (Wildman–Crippen LogP) is 22.6. The number of unbranched alkanes of at least 4 members (excludes halogenated alkanes) is 42. The minimum absolute atomic E-state index is 0.0735. The fourth-order valence-corrected chi connectivity index (χ4v) is 9.87. The van der Waals surface area contributed by atoms with Crippen LogP contribution in [0.2, 0.25) is 0 Å². The molecule has 0 saturated carbocycles. The summed E-state index contributed by atoms with van der Waals surface area (Å²) in [5.74, 6) is -0.861. The van der Waals surface area contributed by atoms with Crippen LogP contribution in [0.4, 0.5) is 0 Å². The molecule has 0 radical (unpaired) electrons. The van der Waals surface area contributed by atoms with Crippen LogP contribution < -0.4 is 0 Å². The summed E-state index contributed by atoms with van der Waals surface area (Å²) in [6.45, 7) is 6.58. The first-order valence-corrected chi connectivity index (χ1v) is 33.1. The van der Waals surface area contributed by atoms with Crippen molar-refractivity contribution in [3.63, 3.8) is 0 Å². The zero-order chi connectivity index (χ0) is 54.3. The third kappa shape index (κ3) is 62.1. The van der Waals surface area contributed by atoms with Crippen molar-refractivity contribution in [3.8, 4) is 0 Å². The molecular formula is C69H126O6. The van der Waals surface area contributed by atoms with Gasteiger partial charge in [-0.2, -0.15) is 0 Å². The highest BCUT2D eigenvalue weighted by atomic mass is 16.6. The summed E-state index contributed by atoms with van der Waals surface area (Å²) >= 11 is 0. The highest BCUT2D eigenvalue weighted by Crippen LogP contribution is 2.18. The van der Waals surface area contributed by atoms with Gasteiger partial charge in [0, 0.05) is 19.3 Å². The maximum Gasteiger partial charge on any atom is 0.306 e. The number of ether oxygens (including phenoxy) is 3. The molecule has 0 amide bonds. The molecule has 0 bridgehead atoms. The van der Waals surface area contributed by atoms with Gasteiger partial charge in [0.05, 0.1) is 0 Å². The first kappa shape index (κ1) is 72.4. The summed E-state index contributed by atoms with van der Waals surface area (Å²) in [5.41, 5.74) is 0. The molecule has 6 heteroatoms. The van der Waals surface area contributed by atoms with Gasteiger partial charge in [0.15, 0.2) is 6.10 Å². The smallest absolute Gasteiger partial charge is 0.306 e. The molecule has 75 heavy (non-hydrogen) atoms. The molecule has 0 spiro atoms. The monoisotopic (exact) mass is 1050 g/mol. The summed E-state index contributed by atoms with van der Waals surface area (Å²) in [6, 6.07) is 0. The Kier molecular flexibility index (Phi) is 61.7. The molecule has 6 nitrogen and oxygen atoms in total. The van der Waals surface area contributed by atoms with Crippen molar-refractivity contribution in [3.05, 3.63) is 48.6 Å². The highest BCUT2D eigenvalue weighted by molar-refractivity contribution is 5.71. The van der Waals surface area contributed by atoms with Gasteiger partial charge in [-0.3, -0.25) is 14.4 Å². The van der Waals surface area contributed by atoms with Crippen LogP contribution in [-0.4, -0.2) is 37.2 Å². The number of rotatable bonds is 61. The minimum Gasteiger partial charge on any atom is -0.462 e. The molecule has 0 N–H and O–H groups in total. The number of allylic oxidation sites excluding steroid dienone is 8. The second-order valence-electron chi connectivity index (χ2n) is 22.4. The molecule has 0 aliphatic carbocycles. The standard InChI is InChI=1S/C69H126O6/c1-4-7-10-13-16-19-22-25-28-31-33-34-36-38-41-44-47-50-53-56-59-62-68(71)74-65-66(64-73-67(70)61-58-55-52-49-46-43-40-37-30-27-24-21-18-15-12-9-6-3)75-69(72)63-60-57-54-51-48-45-42-39-35-32-29-26-23-20-17-14-11-8-5-2/h9,12,18,21,27,30-31,33,66H,4-8,10-11,13-17,19-20,22-26,28-29,32,34-65H2,1-3H3/b12-9-,21-18-,30-27-,33-31-. The molecule has 1 atom stereocenters. The molecule has 1 unspecified atom stereocenters.